The molecule has 2 N–H and O–H groups in total. The van der Waals surface area contributed by atoms with Gasteiger partial charge in [-0.3, -0.25) is 9.89 Å². The van der Waals surface area contributed by atoms with Crippen LogP contribution in [0.1, 0.15) is 45.4 Å². The average Bonchev–Trinajstić information content (AvgIpc) is 3.14. The minimum Gasteiger partial charge on any atom is -0.496 e. The predicted octanol–water partition coefficient (Wildman–Crippen LogP) is 4.70. The molecule has 0 saturated heterocycles. The topological polar surface area (TPSA) is 79.9 Å². The molecular weight excluding hydrogens is 420 g/mol. The van der Waals surface area contributed by atoms with Crippen LogP contribution in [0.4, 0.5) is 0 Å². The Morgan fingerprint density at radius 1 is 1.27 bits per heavy atom. The zero-order valence-corrected chi connectivity index (χ0v) is 18.9. The third kappa shape index (κ3) is 3.82. The van der Waals surface area contributed by atoms with E-state index in [0.717, 1.165) is 42.6 Å². The number of aromatic nitrogens is 3. The van der Waals surface area contributed by atoms with Crippen LogP contribution < -0.4 is 10.1 Å². The maximum Gasteiger partial charge on any atom is 0.233 e. The van der Waals surface area contributed by atoms with Crippen molar-refractivity contribution in [3.8, 4) is 17.1 Å². The highest BCUT2D eigenvalue weighted by molar-refractivity contribution is 8.00. The molecule has 6 rings (SSSR count). The minimum atomic E-state index is -0.261. The molecule has 1 aromatic carbocycles. The second-order valence-electron chi connectivity index (χ2n) is 9.26. The summed E-state index contributed by atoms with van der Waals surface area (Å²) in [4.78, 5) is 17.6. The zero-order valence-electron chi connectivity index (χ0n) is 17.3. The number of carbonyl (C=O) groups is 1. The number of nitrogens with one attached hydrogen (secondary N) is 2. The van der Waals surface area contributed by atoms with Gasteiger partial charge < -0.3 is 10.1 Å². The van der Waals surface area contributed by atoms with E-state index >= 15 is 0 Å². The second-order valence-corrected chi connectivity index (χ2v) is 11.0. The lowest BCUT2D eigenvalue weighted by Gasteiger charge is -2.57. The summed E-state index contributed by atoms with van der Waals surface area (Å²) in [6.07, 6.45) is 7.57. The average molecular weight is 447 g/mol. The lowest BCUT2D eigenvalue weighted by Crippen LogP contribution is -2.60. The highest BCUT2D eigenvalue weighted by Gasteiger charge is 2.51. The van der Waals surface area contributed by atoms with Crippen LogP contribution >= 0.6 is 23.4 Å². The van der Waals surface area contributed by atoms with Gasteiger partial charge in [0.05, 0.1) is 17.9 Å². The largest absolute Gasteiger partial charge is 0.496 e. The molecule has 0 radical (unpaired) electrons. The summed E-state index contributed by atoms with van der Waals surface area (Å²) in [5.74, 6) is 3.76. The van der Waals surface area contributed by atoms with E-state index < -0.39 is 0 Å². The van der Waals surface area contributed by atoms with Crippen molar-refractivity contribution in [1.82, 2.24) is 20.5 Å². The normalized spacial score (nSPS) is 30.3. The van der Waals surface area contributed by atoms with E-state index in [2.05, 4.69) is 20.5 Å². The van der Waals surface area contributed by atoms with Gasteiger partial charge in [-0.15, -0.1) is 5.10 Å². The molecule has 30 heavy (non-hydrogen) atoms. The first-order valence-corrected chi connectivity index (χ1v) is 11.9. The number of benzene rings is 1. The molecule has 1 aromatic heterocycles. The summed E-state index contributed by atoms with van der Waals surface area (Å²) in [5, 5.41) is 11.6. The second kappa shape index (κ2) is 7.75. The monoisotopic (exact) mass is 446 g/mol. The highest BCUT2D eigenvalue weighted by Crippen LogP contribution is 2.55. The van der Waals surface area contributed by atoms with Crippen LogP contribution in [0.15, 0.2) is 23.4 Å². The molecule has 4 fully saturated rings. The van der Waals surface area contributed by atoms with E-state index in [4.69, 9.17) is 16.3 Å². The fourth-order valence-electron chi connectivity index (χ4n) is 6.12. The van der Waals surface area contributed by atoms with Gasteiger partial charge in [-0.05, 0) is 81.4 Å². The lowest BCUT2D eigenvalue weighted by molar-refractivity contribution is -0.126. The number of thioether (sulfide) groups is 1. The standard InChI is InChI=1S/C22H27ClN4O2S/c1-12(20(28)25-22-9-13-5-14(10-22)7-15(6-13)11-22)30-21-24-19(26-27-21)17-8-16(23)3-4-18(17)29-2/h3-4,8,12-15H,5-7,9-11H2,1-2H3,(H,25,28)(H,24,26,27). The molecule has 4 bridgehead atoms. The van der Waals surface area contributed by atoms with Gasteiger partial charge in [0, 0.05) is 10.6 Å². The fraction of sp³-hybridized carbons (Fsp3) is 0.591. The van der Waals surface area contributed by atoms with Crippen molar-refractivity contribution in [2.24, 2.45) is 17.8 Å². The van der Waals surface area contributed by atoms with Crippen LogP contribution in [-0.4, -0.2) is 39.0 Å². The number of halogens is 1. The number of rotatable bonds is 6. The molecule has 4 saturated carbocycles. The van der Waals surface area contributed by atoms with Crippen LogP contribution in [-0.2, 0) is 4.79 Å². The Labute approximate surface area is 185 Å². The van der Waals surface area contributed by atoms with E-state index in [1.54, 1.807) is 25.3 Å². The third-order valence-corrected chi connectivity index (χ3v) is 8.16. The fourth-order valence-corrected chi connectivity index (χ4v) is 7.02. The molecule has 0 spiro atoms. The molecule has 1 heterocycles. The number of aromatic amines is 1. The van der Waals surface area contributed by atoms with E-state index in [-0.39, 0.29) is 16.7 Å². The summed E-state index contributed by atoms with van der Waals surface area (Å²) in [6, 6.07) is 5.36. The molecule has 1 amide bonds. The van der Waals surface area contributed by atoms with Crippen LogP contribution in [0.5, 0.6) is 5.75 Å². The number of H-pyrrole nitrogens is 1. The van der Waals surface area contributed by atoms with Crippen LogP contribution in [0, 0.1) is 17.8 Å². The Morgan fingerprint density at radius 2 is 1.93 bits per heavy atom. The highest BCUT2D eigenvalue weighted by atomic mass is 35.5. The van der Waals surface area contributed by atoms with Gasteiger partial charge >= 0.3 is 0 Å². The van der Waals surface area contributed by atoms with Crippen molar-refractivity contribution in [2.45, 2.75) is 61.4 Å². The number of hydrogen-bond donors (Lipinski definition) is 2. The van der Waals surface area contributed by atoms with Crippen LogP contribution in [0.2, 0.25) is 5.02 Å². The van der Waals surface area contributed by atoms with Crippen molar-refractivity contribution in [2.75, 3.05) is 7.11 Å². The van der Waals surface area contributed by atoms with Crippen molar-refractivity contribution in [3.05, 3.63) is 23.2 Å². The minimum absolute atomic E-state index is 0.0268. The Hall–Kier alpha value is -1.73. The van der Waals surface area contributed by atoms with Gasteiger partial charge in [-0.25, -0.2) is 4.98 Å². The van der Waals surface area contributed by atoms with Gasteiger partial charge in [0.25, 0.3) is 0 Å². The molecule has 2 aromatic rings. The smallest absolute Gasteiger partial charge is 0.233 e. The number of amides is 1. The number of carbonyl (C=O) groups excluding carboxylic acids is 1. The summed E-state index contributed by atoms with van der Waals surface area (Å²) in [6.45, 7) is 1.93. The van der Waals surface area contributed by atoms with Gasteiger partial charge in [0.2, 0.25) is 11.1 Å². The summed E-state index contributed by atoms with van der Waals surface area (Å²) in [7, 11) is 1.61. The van der Waals surface area contributed by atoms with Crippen molar-refractivity contribution in [3.63, 3.8) is 0 Å². The number of hydrogen-bond acceptors (Lipinski definition) is 5. The third-order valence-electron chi connectivity index (χ3n) is 6.96. The zero-order chi connectivity index (χ0) is 20.9. The molecule has 8 heteroatoms. The van der Waals surface area contributed by atoms with Gasteiger partial charge in [-0.2, -0.15) is 0 Å². The molecular formula is C22H27ClN4O2S. The molecule has 4 aliphatic rings. The van der Waals surface area contributed by atoms with Gasteiger partial charge in [0.1, 0.15) is 5.75 Å². The Kier molecular flexibility index (Phi) is 5.22. The Balaban J connectivity index is 1.26. The summed E-state index contributed by atoms with van der Waals surface area (Å²) in [5.41, 5.74) is 0.772. The van der Waals surface area contributed by atoms with E-state index in [0.29, 0.717) is 21.8 Å². The summed E-state index contributed by atoms with van der Waals surface area (Å²) < 4.78 is 5.40. The van der Waals surface area contributed by atoms with Gasteiger partial charge in [-0.1, -0.05) is 23.4 Å². The molecule has 0 aliphatic heterocycles. The Bertz CT molecular complexity index is 927. The first-order valence-electron chi connectivity index (χ1n) is 10.7. The van der Waals surface area contributed by atoms with Crippen LogP contribution in [0.3, 0.4) is 0 Å². The van der Waals surface area contributed by atoms with Crippen LogP contribution in [0.25, 0.3) is 11.4 Å². The van der Waals surface area contributed by atoms with Gasteiger partial charge in [0.15, 0.2) is 5.82 Å². The lowest BCUT2D eigenvalue weighted by atomic mass is 9.53. The number of methoxy groups -OCH3 is 1. The molecule has 1 atom stereocenters. The molecule has 160 valence electrons. The maximum atomic E-state index is 13.0. The summed E-state index contributed by atoms with van der Waals surface area (Å²) >= 11 is 7.50. The number of ether oxygens (including phenoxy) is 1. The van der Waals surface area contributed by atoms with Crippen molar-refractivity contribution >= 4 is 29.3 Å². The van der Waals surface area contributed by atoms with E-state index in [9.17, 15) is 4.79 Å². The molecule has 4 aliphatic carbocycles. The number of nitrogens with zero attached hydrogens (tertiary/aromatic N) is 2. The quantitative estimate of drug-likeness (QED) is 0.628. The van der Waals surface area contributed by atoms with Crippen molar-refractivity contribution in [1.29, 1.82) is 0 Å². The van der Waals surface area contributed by atoms with E-state index in [1.807, 2.05) is 6.92 Å². The Morgan fingerprint density at radius 3 is 2.57 bits per heavy atom. The molecule has 1 unspecified atom stereocenters. The predicted molar refractivity (Wildman–Crippen MR) is 118 cm³/mol. The SMILES string of the molecule is COc1ccc(Cl)cc1-c1nc(SC(C)C(=O)NC23CC4CC(CC(C4)C2)C3)n[nH]1. The molecule has 6 nitrogen and oxygen atoms in total. The first-order chi connectivity index (χ1) is 14.4. The first kappa shape index (κ1) is 20.2. The van der Waals surface area contributed by atoms with E-state index in [1.165, 1.54) is 31.0 Å². The maximum absolute atomic E-state index is 13.0. The van der Waals surface area contributed by atoms with Crippen molar-refractivity contribution < 1.29 is 9.53 Å².